The first-order chi connectivity index (χ1) is 14.8. The van der Waals surface area contributed by atoms with Crippen molar-refractivity contribution in [3.63, 3.8) is 0 Å². The number of halogens is 1. The predicted octanol–water partition coefficient (Wildman–Crippen LogP) is 5.41. The second-order valence-electron chi connectivity index (χ2n) is 8.88. The Bertz CT molecular complexity index is 1140. The molecule has 4 heteroatoms. The van der Waals surface area contributed by atoms with Crippen molar-refractivity contribution in [1.29, 1.82) is 0 Å². The van der Waals surface area contributed by atoms with E-state index in [2.05, 4.69) is 45.0 Å². The van der Waals surface area contributed by atoms with Gasteiger partial charge in [-0.2, -0.15) is 0 Å². The summed E-state index contributed by atoms with van der Waals surface area (Å²) in [6.07, 6.45) is 0. The molecule has 0 amide bonds. The van der Waals surface area contributed by atoms with Crippen molar-refractivity contribution >= 4 is 29.5 Å². The van der Waals surface area contributed by atoms with Crippen LogP contribution in [-0.2, 0) is 6.61 Å². The molecule has 0 aromatic heterocycles. The number of rotatable bonds is 5. The van der Waals surface area contributed by atoms with Gasteiger partial charge in [0.2, 0.25) is 0 Å². The molecule has 2 nitrogen and oxygen atoms in total. The number of aliphatic hydroxyl groups is 1. The fourth-order valence-corrected chi connectivity index (χ4v) is 8.78. The van der Waals surface area contributed by atoms with Gasteiger partial charge in [-0.15, -0.1) is 0 Å². The standard InChI is InChI=1S/C27H27FO2Si/c1-27(2,3)31(23-10-6-4-7-11-23,24-12-8-5-9-13-24)30-26-17-20(19-29)16-21-18-22(28)14-15-25(21)26/h4-18,29H,19H2,1-3H3. The van der Waals surface area contributed by atoms with E-state index >= 15 is 0 Å². The number of hydrogen-bond acceptors (Lipinski definition) is 2. The van der Waals surface area contributed by atoms with Crippen LogP contribution in [-0.4, -0.2) is 13.4 Å². The van der Waals surface area contributed by atoms with Gasteiger partial charge >= 0.3 is 8.32 Å². The zero-order valence-corrected chi connectivity index (χ0v) is 19.1. The molecule has 0 saturated carbocycles. The lowest BCUT2D eigenvalue weighted by Gasteiger charge is -2.43. The van der Waals surface area contributed by atoms with E-state index in [4.69, 9.17) is 4.43 Å². The van der Waals surface area contributed by atoms with Crippen molar-refractivity contribution in [3.05, 3.63) is 102 Å². The van der Waals surface area contributed by atoms with Crippen molar-refractivity contribution in [2.75, 3.05) is 0 Å². The lowest BCUT2D eigenvalue weighted by atomic mass is 10.1. The molecule has 1 N–H and O–H groups in total. The summed E-state index contributed by atoms with van der Waals surface area (Å²) in [6, 6.07) is 29.2. The van der Waals surface area contributed by atoms with Crippen LogP contribution in [0.1, 0.15) is 26.3 Å². The summed E-state index contributed by atoms with van der Waals surface area (Å²) in [7, 11) is -2.83. The van der Waals surface area contributed by atoms with E-state index in [0.29, 0.717) is 11.3 Å². The summed E-state index contributed by atoms with van der Waals surface area (Å²) in [4.78, 5) is 0. The van der Waals surface area contributed by atoms with Gasteiger partial charge in [0, 0.05) is 5.39 Å². The highest BCUT2D eigenvalue weighted by Crippen LogP contribution is 2.40. The van der Waals surface area contributed by atoms with Crippen LogP contribution in [0.15, 0.2) is 91.0 Å². The summed E-state index contributed by atoms with van der Waals surface area (Å²) in [5.41, 5.74) is 0.700. The molecule has 0 atom stereocenters. The van der Waals surface area contributed by atoms with Crippen LogP contribution >= 0.6 is 0 Å². The molecule has 0 aliphatic heterocycles. The molecular weight excluding hydrogens is 403 g/mol. The molecule has 158 valence electrons. The zero-order valence-electron chi connectivity index (χ0n) is 18.1. The average Bonchev–Trinajstić information content (AvgIpc) is 2.77. The van der Waals surface area contributed by atoms with Gasteiger partial charge in [0.15, 0.2) is 0 Å². The van der Waals surface area contributed by atoms with Crippen LogP contribution < -0.4 is 14.8 Å². The van der Waals surface area contributed by atoms with E-state index in [1.54, 1.807) is 6.07 Å². The summed E-state index contributed by atoms with van der Waals surface area (Å²) in [6.45, 7) is 6.52. The monoisotopic (exact) mass is 430 g/mol. The van der Waals surface area contributed by atoms with E-state index in [1.165, 1.54) is 22.5 Å². The molecule has 0 unspecified atom stereocenters. The lowest BCUT2D eigenvalue weighted by molar-refractivity contribution is 0.281. The maximum absolute atomic E-state index is 14.0. The van der Waals surface area contributed by atoms with Crippen molar-refractivity contribution < 1.29 is 13.9 Å². The van der Waals surface area contributed by atoms with Gasteiger partial charge < -0.3 is 9.53 Å². The van der Waals surface area contributed by atoms with E-state index < -0.39 is 8.32 Å². The first kappa shape index (κ1) is 21.3. The Morgan fingerprint density at radius 3 is 1.90 bits per heavy atom. The highest BCUT2D eigenvalue weighted by molar-refractivity contribution is 7.00. The molecule has 31 heavy (non-hydrogen) atoms. The Kier molecular flexibility index (Phi) is 5.69. The summed E-state index contributed by atoms with van der Waals surface area (Å²) in [5, 5.41) is 13.5. The minimum Gasteiger partial charge on any atom is -0.534 e. The van der Waals surface area contributed by atoms with Gasteiger partial charge in [-0.25, -0.2) is 4.39 Å². The first-order valence-electron chi connectivity index (χ1n) is 10.5. The number of fused-ring (bicyclic) bond motifs is 1. The predicted molar refractivity (Wildman–Crippen MR) is 128 cm³/mol. The van der Waals surface area contributed by atoms with Gasteiger partial charge in [0.1, 0.15) is 11.6 Å². The summed E-state index contributed by atoms with van der Waals surface area (Å²) in [5.74, 6) is 0.370. The molecule has 4 rings (SSSR count). The molecular formula is C27H27FO2Si. The lowest BCUT2D eigenvalue weighted by Crippen LogP contribution is -2.68. The van der Waals surface area contributed by atoms with Gasteiger partial charge in [0.05, 0.1) is 6.61 Å². The molecule has 0 bridgehead atoms. The Morgan fingerprint density at radius 1 is 0.806 bits per heavy atom. The third-order valence-electron chi connectivity index (χ3n) is 5.80. The van der Waals surface area contributed by atoms with Crippen LogP contribution in [0.5, 0.6) is 5.75 Å². The normalized spacial score (nSPS) is 12.2. The third kappa shape index (κ3) is 3.89. The zero-order chi connectivity index (χ0) is 22.1. The van der Waals surface area contributed by atoms with Crippen LogP contribution in [0.3, 0.4) is 0 Å². The summed E-state index contributed by atoms with van der Waals surface area (Å²) >= 11 is 0. The molecule has 0 fully saturated rings. The van der Waals surface area contributed by atoms with Crippen molar-refractivity contribution in [3.8, 4) is 5.75 Å². The maximum atomic E-state index is 14.0. The Hall–Kier alpha value is -2.95. The van der Waals surface area contributed by atoms with Crippen LogP contribution in [0.4, 0.5) is 4.39 Å². The molecule has 4 aromatic carbocycles. The fourth-order valence-electron chi connectivity index (χ4n) is 4.35. The van der Waals surface area contributed by atoms with E-state index in [0.717, 1.165) is 10.8 Å². The number of hydrogen-bond donors (Lipinski definition) is 1. The Labute approximate surface area is 184 Å². The molecule has 0 aliphatic rings. The van der Waals surface area contributed by atoms with E-state index in [1.807, 2.05) is 48.5 Å². The van der Waals surface area contributed by atoms with Crippen LogP contribution in [0, 0.1) is 5.82 Å². The van der Waals surface area contributed by atoms with Crippen molar-refractivity contribution in [2.45, 2.75) is 32.4 Å². The Morgan fingerprint density at radius 2 is 1.39 bits per heavy atom. The highest BCUT2D eigenvalue weighted by atomic mass is 28.4. The topological polar surface area (TPSA) is 29.5 Å². The van der Waals surface area contributed by atoms with Crippen LogP contribution in [0.25, 0.3) is 10.8 Å². The molecule has 0 aliphatic carbocycles. The average molecular weight is 431 g/mol. The van der Waals surface area contributed by atoms with E-state index in [9.17, 15) is 9.50 Å². The third-order valence-corrected chi connectivity index (χ3v) is 10.7. The smallest absolute Gasteiger partial charge is 0.319 e. The van der Waals surface area contributed by atoms with Crippen LogP contribution in [0.2, 0.25) is 5.04 Å². The van der Waals surface area contributed by atoms with Gasteiger partial charge in [0.25, 0.3) is 0 Å². The van der Waals surface area contributed by atoms with Gasteiger partial charge in [-0.05, 0) is 56.7 Å². The second kappa shape index (κ2) is 8.29. The molecule has 0 heterocycles. The second-order valence-corrected chi connectivity index (χ2v) is 13.1. The first-order valence-corrected chi connectivity index (χ1v) is 12.4. The molecule has 0 radical (unpaired) electrons. The molecule has 0 saturated heterocycles. The quantitative estimate of drug-likeness (QED) is 0.429. The minimum atomic E-state index is -2.83. The highest BCUT2D eigenvalue weighted by Gasteiger charge is 2.52. The largest absolute Gasteiger partial charge is 0.534 e. The maximum Gasteiger partial charge on any atom is 0.319 e. The SMILES string of the molecule is CC(C)(C)[Si](Oc1cc(CO)cc2cc(F)ccc12)(c1ccccc1)c1ccccc1. The number of aliphatic hydroxyl groups excluding tert-OH is 1. The molecule has 0 spiro atoms. The van der Waals surface area contributed by atoms with E-state index in [-0.39, 0.29) is 17.5 Å². The minimum absolute atomic E-state index is 0.135. The molecule has 4 aromatic rings. The van der Waals surface area contributed by atoms with Crippen molar-refractivity contribution in [2.24, 2.45) is 0 Å². The van der Waals surface area contributed by atoms with Crippen molar-refractivity contribution in [1.82, 2.24) is 0 Å². The number of benzene rings is 4. The van der Waals surface area contributed by atoms with Gasteiger partial charge in [-0.3, -0.25) is 0 Å². The fraction of sp³-hybridized carbons (Fsp3) is 0.185. The summed E-state index contributed by atoms with van der Waals surface area (Å²) < 4.78 is 21.1. The Balaban J connectivity index is 2.03. The van der Waals surface area contributed by atoms with Gasteiger partial charge in [-0.1, -0.05) is 81.4 Å².